The maximum Gasteiger partial charge on any atom is 0.256 e. The van der Waals surface area contributed by atoms with Crippen LogP contribution in [0.15, 0.2) is 12.1 Å². The maximum atomic E-state index is 12.9. The molecular formula is C22H37NO3. The normalized spacial score (nSPS) is 14.8. The summed E-state index contributed by atoms with van der Waals surface area (Å²) in [6, 6.07) is 3.94. The predicted molar refractivity (Wildman–Crippen MR) is 109 cm³/mol. The van der Waals surface area contributed by atoms with Gasteiger partial charge in [-0.2, -0.15) is 0 Å². The molecule has 0 aliphatic rings. The van der Waals surface area contributed by atoms with Gasteiger partial charge in [0.2, 0.25) is 0 Å². The number of hydrogen-bond donors (Lipinski definition) is 1. The first-order chi connectivity index (χ1) is 12.1. The van der Waals surface area contributed by atoms with Gasteiger partial charge in [0.15, 0.2) is 0 Å². The first-order valence-corrected chi connectivity index (χ1v) is 9.86. The van der Waals surface area contributed by atoms with Gasteiger partial charge in [-0.15, -0.1) is 0 Å². The second kappa shape index (κ2) is 9.96. The Kier molecular flexibility index (Phi) is 8.61. The van der Waals surface area contributed by atoms with E-state index in [9.17, 15) is 4.79 Å². The molecule has 1 N–H and O–H groups in total. The largest absolute Gasteiger partial charge is 0.490 e. The highest BCUT2D eigenvalue weighted by Crippen LogP contribution is 2.30. The summed E-state index contributed by atoms with van der Waals surface area (Å²) in [7, 11) is 0. The molecule has 0 aliphatic carbocycles. The molecule has 2 atom stereocenters. The summed E-state index contributed by atoms with van der Waals surface area (Å²) in [5, 5.41) is 3.05. The summed E-state index contributed by atoms with van der Waals surface area (Å²) in [4.78, 5) is 12.9. The fraction of sp³-hybridized carbons (Fsp3) is 0.682. The number of aryl methyl sites for hydroxylation is 2. The van der Waals surface area contributed by atoms with E-state index < -0.39 is 5.60 Å². The van der Waals surface area contributed by atoms with Gasteiger partial charge in [0.1, 0.15) is 11.4 Å². The van der Waals surface area contributed by atoms with Gasteiger partial charge in [-0.3, -0.25) is 4.79 Å². The van der Waals surface area contributed by atoms with Crippen LogP contribution in [0.2, 0.25) is 0 Å². The van der Waals surface area contributed by atoms with Crippen molar-refractivity contribution >= 4 is 11.6 Å². The number of carbonyl (C=O) groups is 1. The smallest absolute Gasteiger partial charge is 0.256 e. The molecular weight excluding hydrogens is 326 g/mol. The molecule has 1 rings (SSSR count). The van der Waals surface area contributed by atoms with Gasteiger partial charge in [-0.25, -0.2) is 0 Å². The van der Waals surface area contributed by atoms with Crippen molar-refractivity contribution in [2.24, 2.45) is 5.92 Å². The van der Waals surface area contributed by atoms with Crippen LogP contribution in [0, 0.1) is 19.8 Å². The number of benzene rings is 1. The highest BCUT2D eigenvalue weighted by atomic mass is 16.5. The average molecular weight is 364 g/mol. The van der Waals surface area contributed by atoms with E-state index in [1.165, 1.54) is 0 Å². The molecule has 0 saturated carbocycles. The molecule has 0 spiro atoms. The van der Waals surface area contributed by atoms with Crippen LogP contribution in [0.25, 0.3) is 0 Å². The van der Waals surface area contributed by atoms with Gasteiger partial charge < -0.3 is 14.8 Å². The Morgan fingerprint density at radius 2 is 1.73 bits per heavy atom. The van der Waals surface area contributed by atoms with Crippen LogP contribution in [0.4, 0.5) is 5.69 Å². The number of rotatable bonds is 10. The number of hydrogen-bond acceptors (Lipinski definition) is 3. The fourth-order valence-corrected chi connectivity index (χ4v) is 3.08. The SMILES string of the molecule is CCCO[C@@](C)(CC(C)C)C(=O)Nc1cc(C)c(O[C@@H](C)CC)c(C)c1. The molecule has 148 valence electrons. The summed E-state index contributed by atoms with van der Waals surface area (Å²) < 4.78 is 12.0. The molecule has 1 amide bonds. The molecule has 0 heterocycles. The molecule has 0 aromatic heterocycles. The van der Waals surface area contributed by atoms with E-state index >= 15 is 0 Å². The Hall–Kier alpha value is -1.55. The minimum Gasteiger partial charge on any atom is -0.490 e. The lowest BCUT2D eigenvalue weighted by atomic mass is 9.92. The van der Waals surface area contributed by atoms with Crippen molar-refractivity contribution in [1.82, 2.24) is 0 Å². The van der Waals surface area contributed by atoms with Crippen LogP contribution < -0.4 is 10.1 Å². The third kappa shape index (κ3) is 6.31. The first kappa shape index (κ1) is 22.5. The molecule has 26 heavy (non-hydrogen) atoms. The van der Waals surface area contributed by atoms with Crippen molar-refractivity contribution < 1.29 is 14.3 Å². The number of nitrogens with one attached hydrogen (secondary N) is 1. The highest BCUT2D eigenvalue weighted by molar-refractivity contribution is 5.97. The third-order valence-corrected chi connectivity index (χ3v) is 4.51. The van der Waals surface area contributed by atoms with Crippen molar-refractivity contribution in [1.29, 1.82) is 0 Å². The van der Waals surface area contributed by atoms with Gasteiger partial charge in [-0.05, 0) is 76.1 Å². The van der Waals surface area contributed by atoms with Crippen LogP contribution in [-0.2, 0) is 9.53 Å². The molecule has 0 aliphatic heterocycles. The highest BCUT2D eigenvalue weighted by Gasteiger charge is 2.35. The first-order valence-electron chi connectivity index (χ1n) is 9.86. The summed E-state index contributed by atoms with van der Waals surface area (Å²) in [6.45, 7) is 16.9. The molecule has 0 bridgehead atoms. The Balaban J connectivity index is 2.99. The van der Waals surface area contributed by atoms with E-state index in [2.05, 4.69) is 39.9 Å². The van der Waals surface area contributed by atoms with Crippen molar-refractivity contribution in [2.75, 3.05) is 11.9 Å². The van der Waals surface area contributed by atoms with Crippen molar-refractivity contribution in [3.05, 3.63) is 23.3 Å². The molecule has 0 unspecified atom stereocenters. The van der Waals surface area contributed by atoms with Gasteiger partial charge in [0.05, 0.1) is 6.10 Å². The van der Waals surface area contributed by atoms with E-state index in [1.807, 2.05) is 32.9 Å². The van der Waals surface area contributed by atoms with Crippen molar-refractivity contribution in [2.45, 2.75) is 86.4 Å². The van der Waals surface area contributed by atoms with Crippen LogP contribution in [0.5, 0.6) is 5.75 Å². The van der Waals surface area contributed by atoms with E-state index in [4.69, 9.17) is 9.47 Å². The average Bonchev–Trinajstić information content (AvgIpc) is 2.55. The lowest BCUT2D eigenvalue weighted by Crippen LogP contribution is -2.44. The van der Waals surface area contributed by atoms with Gasteiger partial charge in [0.25, 0.3) is 5.91 Å². The molecule has 4 heteroatoms. The van der Waals surface area contributed by atoms with E-state index in [0.717, 1.165) is 35.4 Å². The van der Waals surface area contributed by atoms with Gasteiger partial charge in [0, 0.05) is 12.3 Å². The quantitative estimate of drug-likeness (QED) is 0.584. The van der Waals surface area contributed by atoms with Crippen LogP contribution in [0.3, 0.4) is 0 Å². The molecule has 1 aromatic rings. The second-order valence-corrected chi connectivity index (χ2v) is 7.91. The van der Waals surface area contributed by atoms with Gasteiger partial charge in [-0.1, -0.05) is 27.7 Å². The topological polar surface area (TPSA) is 47.6 Å². The van der Waals surface area contributed by atoms with Crippen molar-refractivity contribution in [3.63, 3.8) is 0 Å². The third-order valence-electron chi connectivity index (χ3n) is 4.51. The summed E-state index contributed by atoms with van der Waals surface area (Å²) in [5.41, 5.74) is 2.02. The predicted octanol–water partition coefficient (Wildman–Crippen LogP) is 5.65. The van der Waals surface area contributed by atoms with E-state index in [1.54, 1.807) is 0 Å². The minimum atomic E-state index is -0.822. The minimum absolute atomic E-state index is 0.0888. The lowest BCUT2D eigenvalue weighted by Gasteiger charge is -2.30. The summed E-state index contributed by atoms with van der Waals surface area (Å²) in [6.07, 6.45) is 2.71. The number of carbonyl (C=O) groups excluding carboxylic acids is 1. The zero-order valence-electron chi connectivity index (χ0n) is 17.9. The Bertz CT molecular complexity index is 574. The molecule has 0 saturated heterocycles. The number of anilines is 1. The lowest BCUT2D eigenvalue weighted by molar-refractivity contribution is -0.141. The second-order valence-electron chi connectivity index (χ2n) is 7.91. The number of ether oxygens (including phenoxy) is 2. The van der Waals surface area contributed by atoms with E-state index in [0.29, 0.717) is 18.9 Å². The van der Waals surface area contributed by atoms with Crippen LogP contribution in [0.1, 0.15) is 71.9 Å². The Morgan fingerprint density at radius 3 is 2.19 bits per heavy atom. The Labute approximate surface area is 159 Å². The Morgan fingerprint density at radius 1 is 1.15 bits per heavy atom. The standard InChI is InChI=1S/C22H37NO3/c1-9-11-25-22(8,14-15(3)4)21(24)23-19-12-16(5)20(17(6)13-19)26-18(7)10-2/h12-13,15,18H,9-11,14H2,1-8H3,(H,23,24)/t18-,22-/m0/s1. The van der Waals surface area contributed by atoms with Gasteiger partial charge >= 0.3 is 0 Å². The zero-order chi connectivity index (χ0) is 19.9. The summed E-state index contributed by atoms with van der Waals surface area (Å²) >= 11 is 0. The summed E-state index contributed by atoms with van der Waals surface area (Å²) in [5.74, 6) is 1.19. The van der Waals surface area contributed by atoms with Crippen LogP contribution in [-0.4, -0.2) is 24.2 Å². The zero-order valence-corrected chi connectivity index (χ0v) is 17.9. The van der Waals surface area contributed by atoms with Crippen LogP contribution >= 0.6 is 0 Å². The molecule has 0 fully saturated rings. The fourth-order valence-electron chi connectivity index (χ4n) is 3.08. The number of amides is 1. The molecule has 1 aromatic carbocycles. The monoisotopic (exact) mass is 363 g/mol. The molecule has 0 radical (unpaired) electrons. The van der Waals surface area contributed by atoms with Crippen molar-refractivity contribution in [3.8, 4) is 5.75 Å². The maximum absolute atomic E-state index is 12.9. The van der Waals surface area contributed by atoms with E-state index in [-0.39, 0.29) is 12.0 Å². The molecule has 4 nitrogen and oxygen atoms in total.